The van der Waals surface area contributed by atoms with Crippen molar-refractivity contribution in [1.82, 2.24) is 14.8 Å². The molecule has 0 unspecified atom stereocenters. The number of hydrogen-bond donors (Lipinski definition) is 1. The number of methoxy groups -OCH3 is 1. The van der Waals surface area contributed by atoms with Crippen LogP contribution < -0.4 is 0 Å². The van der Waals surface area contributed by atoms with Crippen molar-refractivity contribution >= 4 is 27.8 Å². The smallest absolute Gasteiger partial charge is 0.308 e. The maximum atomic E-state index is 13.9. The summed E-state index contributed by atoms with van der Waals surface area (Å²) in [6, 6.07) is 11.3. The largest absolute Gasteiger partial charge is 0.469 e. The Morgan fingerprint density at radius 2 is 1.86 bits per heavy atom. The van der Waals surface area contributed by atoms with E-state index in [-0.39, 0.29) is 23.1 Å². The van der Waals surface area contributed by atoms with Crippen molar-refractivity contribution in [3.63, 3.8) is 0 Å². The van der Waals surface area contributed by atoms with Crippen LogP contribution in [0.15, 0.2) is 42.6 Å². The van der Waals surface area contributed by atoms with Crippen molar-refractivity contribution in [3.05, 3.63) is 59.7 Å². The highest BCUT2D eigenvalue weighted by Gasteiger charge is 2.56. The van der Waals surface area contributed by atoms with Crippen molar-refractivity contribution in [2.24, 2.45) is 11.3 Å². The second-order valence-corrected chi connectivity index (χ2v) is 11.1. The van der Waals surface area contributed by atoms with Crippen LogP contribution in [0.4, 0.5) is 4.39 Å². The zero-order valence-electron chi connectivity index (χ0n) is 20.4. The minimum absolute atomic E-state index is 0.0519. The van der Waals surface area contributed by atoms with Crippen LogP contribution in [0.25, 0.3) is 27.5 Å². The number of carbonyl (C=O) groups is 1. The summed E-state index contributed by atoms with van der Waals surface area (Å²) in [7, 11) is 1.48. The Kier molecular flexibility index (Phi) is 5.00. The first-order chi connectivity index (χ1) is 17.5. The molecule has 186 valence electrons. The van der Waals surface area contributed by atoms with Gasteiger partial charge in [0.05, 0.1) is 30.3 Å². The standard InChI is InChI=1S/C29H30FN3O3/c1-35-28(34)20-14-29(15-20)12-19(13-29)26-23-11-24-18(16-31-32-24)10-25(23)33(22-4-2-21(30)3-5-22)27(26)17-6-8-36-9-7-17/h2-5,10-11,16-17,19-20H,6-9,12-15H2,1H3,(H,31,32). The van der Waals surface area contributed by atoms with Crippen LogP contribution in [0.1, 0.15) is 61.6 Å². The Balaban J connectivity index is 1.38. The van der Waals surface area contributed by atoms with Crippen LogP contribution in [-0.2, 0) is 14.3 Å². The highest BCUT2D eigenvalue weighted by molar-refractivity contribution is 5.99. The van der Waals surface area contributed by atoms with Crippen molar-refractivity contribution in [2.45, 2.75) is 50.4 Å². The van der Waals surface area contributed by atoms with Crippen LogP contribution >= 0.6 is 0 Å². The van der Waals surface area contributed by atoms with Crippen molar-refractivity contribution < 1.29 is 18.7 Å². The molecule has 3 fully saturated rings. The summed E-state index contributed by atoms with van der Waals surface area (Å²) in [5, 5.41) is 9.74. The number of halogens is 1. The lowest BCUT2D eigenvalue weighted by Gasteiger charge is -2.57. The molecule has 1 saturated heterocycles. The van der Waals surface area contributed by atoms with Gasteiger partial charge in [-0.3, -0.25) is 9.89 Å². The number of nitrogens with zero attached hydrogens (tertiary/aromatic N) is 2. The number of benzene rings is 2. The van der Waals surface area contributed by atoms with Crippen LogP contribution in [-0.4, -0.2) is 41.1 Å². The maximum absolute atomic E-state index is 13.9. The second-order valence-electron chi connectivity index (χ2n) is 11.1. The molecule has 2 aromatic carbocycles. The van der Waals surface area contributed by atoms with Gasteiger partial charge in [-0.15, -0.1) is 0 Å². The minimum Gasteiger partial charge on any atom is -0.469 e. The molecule has 0 radical (unpaired) electrons. The number of fused-ring (bicyclic) bond motifs is 2. The Labute approximate surface area is 208 Å². The Bertz CT molecular complexity index is 1450. The molecule has 3 aliphatic rings. The van der Waals surface area contributed by atoms with Crippen LogP contribution in [0.3, 0.4) is 0 Å². The Morgan fingerprint density at radius 1 is 1.11 bits per heavy atom. The van der Waals surface area contributed by atoms with Gasteiger partial charge in [-0.1, -0.05) is 0 Å². The van der Waals surface area contributed by atoms with E-state index in [1.54, 1.807) is 12.1 Å². The summed E-state index contributed by atoms with van der Waals surface area (Å²) in [5.41, 5.74) is 6.20. The number of hydrogen-bond acceptors (Lipinski definition) is 4. The summed E-state index contributed by atoms with van der Waals surface area (Å²) >= 11 is 0. The van der Waals surface area contributed by atoms with Gasteiger partial charge in [-0.25, -0.2) is 4.39 Å². The lowest BCUT2D eigenvalue weighted by Crippen LogP contribution is -2.49. The van der Waals surface area contributed by atoms with E-state index in [9.17, 15) is 9.18 Å². The number of aromatic amines is 1. The number of esters is 1. The molecule has 36 heavy (non-hydrogen) atoms. The van der Waals surface area contributed by atoms with Crippen molar-refractivity contribution in [3.8, 4) is 5.69 Å². The zero-order valence-corrected chi connectivity index (χ0v) is 20.4. The lowest BCUT2D eigenvalue weighted by atomic mass is 9.47. The number of aromatic nitrogens is 3. The molecule has 0 atom stereocenters. The van der Waals surface area contributed by atoms with Gasteiger partial charge >= 0.3 is 5.97 Å². The van der Waals surface area contributed by atoms with E-state index >= 15 is 0 Å². The van der Waals surface area contributed by atoms with Crippen molar-refractivity contribution in [1.29, 1.82) is 0 Å². The first kappa shape index (κ1) is 22.0. The fourth-order valence-corrected chi connectivity index (χ4v) is 7.28. The Morgan fingerprint density at radius 3 is 2.58 bits per heavy atom. The second kappa shape index (κ2) is 8.17. The van der Waals surface area contributed by atoms with Gasteiger partial charge in [0.2, 0.25) is 0 Å². The molecule has 2 saturated carbocycles. The van der Waals surface area contributed by atoms with E-state index < -0.39 is 0 Å². The van der Waals surface area contributed by atoms with Gasteiger partial charge < -0.3 is 14.0 Å². The molecular weight excluding hydrogens is 457 g/mol. The first-order valence-corrected chi connectivity index (χ1v) is 13.0. The summed E-state index contributed by atoms with van der Waals surface area (Å²) < 4.78 is 27.0. The number of ether oxygens (including phenoxy) is 2. The number of H-pyrrole nitrogens is 1. The van der Waals surface area contributed by atoms with Crippen LogP contribution in [0, 0.1) is 17.2 Å². The molecule has 2 aromatic heterocycles. The summed E-state index contributed by atoms with van der Waals surface area (Å²) in [4.78, 5) is 12.0. The van der Waals surface area contributed by atoms with E-state index in [0.717, 1.165) is 73.8 Å². The van der Waals surface area contributed by atoms with E-state index in [1.165, 1.54) is 23.8 Å². The van der Waals surface area contributed by atoms with Gasteiger partial charge in [-0.2, -0.15) is 5.10 Å². The van der Waals surface area contributed by atoms with E-state index in [1.807, 2.05) is 18.3 Å². The first-order valence-electron chi connectivity index (χ1n) is 13.0. The van der Waals surface area contributed by atoms with E-state index in [4.69, 9.17) is 9.47 Å². The molecule has 7 heteroatoms. The van der Waals surface area contributed by atoms with Gasteiger partial charge in [0.15, 0.2) is 0 Å². The highest BCUT2D eigenvalue weighted by Crippen LogP contribution is 2.65. The summed E-state index contributed by atoms with van der Waals surface area (Å²) in [6.45, 7) is 1.52. The lowest BCUT2D eigenvalue weighted by molar-refractivity contribution is -0.159. The molecule has 0 bridgehead atoms. The molecule has 7 rings (SSSR count). The maximum Gasteiger partial charge on any atom is 0.308 e. The zero-order chi connectivity index (χ0) is 24.4. The topological polar surface area (TPSA) is 69.1 Å². The van der Waals surface area contributed by atoms with Crippen LogP contribution in [0.2, 0.25) is 0 Å². The van der Waals surface area contributed by atoms with Crippen LogP contribution in [0.5, 0.6) is 0 Å². The van der Waals surface area contributed by atoms with Crippen molar-refractivity contribution in [2.75, 3.05) is 20.3 Å². The molecule has 1 N–H and O–H groups in total. The third-order valence-corrected chi connectivity index (χ3v) is 8.96. The molecule has 2 aliphatic carbocycles. The molecular formula is C29H30FN3O3. The SMILES string of the molecule is COC(=O)C1CC2(C1)CC(c1c(C3CCOCC3)n(-c3ccc(F)cc3)c3cc4cn[nH]c4cc13)C2. The number of carbonyl (C=O) groups excluding carboxylic acids is 1. The molecule has 3 heterocycles. The number of nitrogens with one attached hydrogen (secondary N) is 1. The molecule has 1 spiro atoms. The fourth-order valence-electron chi connectivity index (χ4n) is 7.28. The summed E-state index contributed by atoms with van der Waals surface area (Å²) in [6.07, 6.45) is 7.89. The monoisotopic (exact) mass is 487 g/mol. The average Bonchev–Trinajstić information content (AvgIpc) is 3.44. The predicted molar refractivity (Wildman–Crippen MR) is 135 cm³/mol. The fraction of sp³-hybridized carbons (Fsp3) is 0.448. The minimum atomic E-state index is -0.230. The quantitative estimate of drug-likeness (QED) is 0.359. The normalized spacial score (nSPS) is 26.3. The Hall–Kier alpha value is -3.19. The van der Waals surface area contributed by atoms with Gasteiger partial charge in [0.25, 0.3) is 0 Å². The molecule has 0 amide bonds. The molecule has 4 aromatic rings. The van der Waals surface area contributed by atoms with E-state index in [0.29, 0.717) is 11.8 Å². The highest BCUT2D eigenvalue weighted by atomic mass is 19.1. The van der Waals surface area contributed by atoms with Gasteiger partial charge in [0.1, 0.15) is 5.82 Å². The van der Waals surface area contributed by atoms with Gasteiger partial charge in [0, 0.05) is 41.3 Å². The van der Waals surface area contributed by atoms with Gasteiger partial charge in [-0.05, 0) is 91.8 Å². The average molecular weight is 488 g/mol. The predicted octanol–water partition coefficient (Wildman–Crippen LogP) is 5.99. The summed E-state index contributed by atoms with van der Waals surface area (Å²) in [5.74, 6) is 0.568. The molecule has 1 aliphatic heterocycles. The molecule has 6 nitrogen and oxygen atoms in total. The van der Waals surface area contributed by atoms with E-state index in [2.05, 4.69) is 26.9 Å². The third-order valence-electron chi connectivity index (χ3n) is 8.96. The number of rotatable bonds is 4. The third kappa shape index (κ3) is 3.32.